The normalized spacial score (nSPS) is 11.3. The number of nitrogens with one attached hydrogen (secondary N) is 1. The highest BCUT2D eigenvalue weighted by molar-refractivity contribution is 7.92. The molecular weight excluding hydrogens is 310 g/mol. The van der Waals surface area contributed by atoms with Gasteiger partial charge in [0.1, 0.15) is 5.75 Å². The predicted octanol–water partition coefficient (Wildman–Crippen LogP) is 4.04. The van der Waals surface area contributed by atoms with E-state index in [1.807, 2.05) is 37.3 Å². The van der Waals surface area contributed by atoms with Crippen molar-refractivity contribution in [1.29, 1.82) is 0 Å². The van der Waals surface area contributed by atoms with E-state index in [9.17, 15) is 8.42 Å². The van der Waals surface area contributed by atoms with Gasteiger partial charge >= 0.3 is 0 Å². The Balaban J connectivity index is 1.87. The van der Waals surface area contributed by atoms with Crippen LogP contribution in [-0.2, 0) is 10.0 Å². The van der Waals surface area contributed by atoms with Gasteiger partial charge in [-0.2, -0.15) is 0 Å². The van der Waals surface area contributed by atoms with Gasteiger partial charge in [0, 0.05) is 5.69 Å². The van der Waals surface area contributed by atoms with Crippen LogP contribution in [0.25, 0.3) is 10.8 Å². The smallest absolute Gasteiger partial charge is 0.261 e. The van der Waals surface area contributed by atoms with Gasteiger partial charge in [-0.3, -0.25) is 4.72 Å². The third-order valence-electron chi connectivity index (χ3n) is 3.45. The lowest BCUT2D eigenvalue weighted by Gasteiger charge is -2.10. The summed E-state index contributed by atoms with van der Waals surface area (Å²) in [7, 11) is -3.62. The molecule has 0 atom stereocenters. The molecule has 0 aliphatic carbocycles. The van der Waals surface area contributed by atoms with Gasteiger partial charge in [0.15, 0.2) is 0 Å². The molecule has 3 aromatic carbocycles. The van der Waals surface area contributed by atoms with Gasteiger partial charge in [-0.05, 0) is 54.1 Å². The zero-order chi connectivity index (χ0) is 16.3. The Kier molecular flexibility index (Phi) is 4.21. The van der Waals surface area contributed by atoms with Crippen LogP contribution in [0.4, 0.5) is 5.69 Å². The van der Waals surface area contributed by atoms with Crippen LogP contribution in [0.3, 0.4) is 0 Å². The number of ether oxygens (including phenoxy) is 1. The second-order valence-electron chi connectivity index (χ2n) is 5.07. The maximum Gasteiger partial charge on any atom is 0.261 e. The van der Waals surface area contributed by atoms with Crippen molar-refractivity contribution in [3.63, 3.8) is 0 Å². The maximum atomic E-state index is 12.5. The first kappa shape index (κ1) is 15.4. The molecule has 0 aliphatic rings. The second kappa shape index (κ2) is 6.30. The zero-order valence-corrected chi connectivity index (χ0v) is 13.5. The van der Waals surface area contributed by atoms with Gasteiger partial charge in [0.25, 0.3) is 10.0 Å². The molecule has 0 aliphatic heterocycles. The summed E-state index contributed by atoms with van der Waals surface area (Å²) < 4.78 is 33.0. The third kappa shape index (κ3) is 3.46. The Labute approximate surface area is 135 Å². The van der Waals surface area contributed by atoms with Crippen molar-refractivity contribution in [3.05, 3.63) is 66.7 Å². The van der Waals surface area contributed by atoms with Crippen molar-refractivity contribution >= 4 is 26.5 Å². The summed E-state index contributed by atoms with van der Waals surface area (Å²) in [5.74, 6) is 0.709. The topological polar surface area (TPSA) is 55.4 Å². The highest BCUT2D eigenvalue weighted by atomic mass is 32.2. The van der Waals surface area contributed by atoms with E-state index in [0.717, 1.165) is 10.8 Å². The Morgan fingerprint density at radius 2 is 1.61 bits per heavy atom. The average molecular weight is 327 g/mol. The molecular formula is C18H17NO3S. The highest BCUT2D eigenvalue weighted by Gasteiger charge is 2.14. The number of hydrogen-bond donors (Lipinski definition) is 1. The molecule has 5 heteroatoms. The molecule has 0 heterocycles. The summed E-state index contributed by atoms with van der Waals surface area (Å²) >= 11 is 0. The summed E-state index contributed by atoms with van der Waals surface area (Å²) in [6, 6.07) is 19.6. The number of rotatable bonds is 5. The van der Waals surface area contributed by atoms with E-state index in [0.29, 0.717) is 18.0 Å². The number of sulfonamides is 1. The van der Waals surface area contributed by atoms with Crippen molar-refractivity contribution in [2.75, 3.05) is 11.3 Å². The van der Waals surface area contributed by atoms with Gasteiger partial charge < -0.3 is 4.74 Å². The van der Waals surface area contributed by atoms with E-state index in [1.165, 1.54) is 0 Å². The molecule has 0 saturated carbocycles. The Bertz CT molecular complexity index is 918. The molecule has 0 aromatic heterocycles. The quantitative estimate of drug-likeness (QED) is 0.769. The van der Waals surface area contributed by atoms with Crippen LogP contribution < -0.4 is 9.46 Å². The number of benzene rings is 3. The van der Waals surface area contributed by atoms with Gasteiger partial charge in [0.2, 0.25) is 0 Å². The van der Waals surface area contributed by atoms with Crippen LogP contribution >= 0.6 is 0 Å². The van der Waals surface area contributed by atoms with E-state index in [4.69, 9.17) is 4.74 Å². The Morgan fingerprint density at radius 3 is 2.30 bits per heavy atom. The van der Waals surface area contributed by atoms with Crippen LogP contribution in [0.5, 0.6) is 5.75 Å². The summed E-state index contributed by atoms with van der Waals surface area (Å²) in [5, 5.41) is 1.90. The number of fused-ring (bicyclic) bond motifs is 1. The molecule has 0 bridgehead atoms. The Morgan fingerprint density at radius 1 is 0.913 bits per heavy atom. The standard InChI is InChI=1S/C18H17NO3S/c1-2-22-17-10-8-16(9-11-17)19-23(20,21)18-12-7-14-5-3-4-6-15(14)13-18/h3-13,19H,2H2,1H3. The van der Waals surface area contributed by atoms with E-state index in [-0.39, 0.29) is 4.90 Å². The van der Waals surface area contributed by atoms with Crippen molar-refractivity contribution in [3.8, 4) is 5.75 Å². The number of anilines is 1. The molecule has 0 amide bonds. The van der Waals surface area contributed by atoms with Gasteiger partial charge in [-0.1, -0.05) is 30.3 Å². The van der Waals surface area contributed by atoms with Crippen molar-refractivity contribution in [2.45, 2.75) is 11.8 Å². The number of hydrogen-bond acceptors (Lipinski definition) is 3. The minimum absolute atomic E-state index is 0.241. The van der Waals surface area contributed by atoms with Crippen molar-refractivity contribution in [1.82, 2.24) is 0 Å². The minimum Gasteiger partial charge on any atom is -0.494 e. The lowest BCUT2D eigenvalue weighted by molar-refractivity contribution is 0.340. The molecule has 0 fully saturated rings. The second-order valence-corrected chi connectivity index (χ2v) is 6.75. The lowest BCUT2D eigenvalue weighted by atomic mass is 10.1. The predicted molar refractivity (Wildman–Crippen MR) is 92.4 cm³/mol. The molecule has 0 saturated heterocycles. The van der Waals surface area contributed by atoms with Crippen LogP contribution in [-0.4, -0.2) is 15.0 Å². The van der Waals surface area contributed by atoms with Crippen molar-refractivity contribution < 1.29 is 13.2 Å². The fourth-order valence-corrected chi connectivity index (χ4v) is 3.43. The summed E-state index contributed by atoms with van der Waals surface area (Å²) in [5.41, 5.74) is 0.501. The zero-order valence-electron chi connectivity index (χ0n) is 12.7. The van der Waals surface area contributed by atoms with Crippen LogP contribution in [0.15, 0.2) is 71.6 Å². The summed E-state index contributed by atoms with van der Waals surface area (Å²) in [6.45, 7) is 2.47. The first-order valence-corrected chi connectivity index (χ1v) is 8.81. The molecule has 3 rings (SSSR count). The third-order valence-corrected chi connectivity index (χ3v) is 4.83. The van der Waals surface area contributed by atoms with Gasteiger partial charge in [-0.15, -0.1) is 0 Å². The van der Waals surface area contributed by atoms with E-state index < -0.39 is 10.0 Å². The monoisotopic (exact) mass is 327 g/mol. The average Bonchev–Trinajstić information content (AvgIpc) is 2.56. The van der Waals surface area contributed by atoms with Crippen LogP contribution in [0, 0.1) is 0 Å². The fourth-order valence-electron chi connectivity index (χ4n) is 2.33. The van der Waals surface area contributed by atoms with Crippen LogP contribution in [0.2, 0.25) is 0 Å². The SMILES string of the molecule is CCOc1ccc(NS(=O)(=O)c2ccc3ccccc3c2)cc1. The van der Waals surface area contributed by atoms with Crippen LogP contribution in [0.1, 0.15) is 6.92 Å². The first-order valence-electron chi connectivity index (χ1n) is 7.33. The highest BCUT2D eigenvalue weighted by Crippen LogP contribution is 2.22. The molecule has 118 valence electrons. The summed E-state index contributed by atoms with van der Waals surface area (Å²) in [6.07, 6.45) is 0. The van der Waals surface area contributed by atoms with E-state index in [2.05, 4.69) is 4.72 Å². The molecule has 1 N–H and O–H groups in total. The molecule has 4 nitrogen and oxygen atoms in total. The van der Waals surface area contributed by atoms with E-state index >= 15 is 0 Å². The molecule has 3 aromatic rings. The van der Waals surface area contributed by atoms with Crippen molar-refractivity contribution in [2.24, 2.45) is 0 Å². The molecule has 23 heavy (non-hydrogen) atoms. The summed E-state index contributed by atoms with van der Waals surface area (Å²) in [4.78, 5) is 0.241. The maximum absolute atomic E-state index is 12.5. The van der Waals surface area contributed by atoms with E-state index in [1.54, 1.807) is 36.4 Å². The fraction of sp³-hybridized carbons (Fsp3) is 0.111. The lowest BCUT2D eigenvalue weighted by Crippen LogP contribution is -2.12. The minimum atomic E-state index is -3.62. The molecule has 0 unspecified atom stereocenters. The Hall–Kier alpha value is -2.53. The first-order chi connectivity index (χ1) is 11.1. The molecule has 0 spiro atoms. The van der Waals surface area contributed by atoms with Gasteiger partial charge in [0.05, 0.1) is 11.5 Å². The molecule has 0 radical (unpaired) electrons. The van der Waals surface area contributed by atoms with Gasteiger partial charge in [-0.25, -0.2) is 8.42 Å². The largest absolute Gasteiger partial charge is 0.494 e.